The maximum Gasteiger partial charge on any atom is 0.407 e. The third-order valence-electron chi connectivity index (χ3n) is 2.38. The van der Waals surface area contributed by atoms with Gasteiger partial charge in [-0.15, -0.1) is 0 Å². The van der Waals surface area contributed by atoms with E-state index in [0.29, 0.717) is 19.7 Å². The second-order valence-electron chi connectivity index (χ2n) is 3.16. The minimum atomic E-state index is -0.852. The Hall–Kier alpha value is -0.810. The number of nitrogens with one attached hydrogen (secondary N) is 1. The smallest absolute Gasteiger partial charge is 0.407 e. The van der Waals surface area contributed by atoms with Gasteiger partial charge in [0.1, 0.15) is 0 Å². The number of carboxylic acid groups (broad SMARTS) is 1. The maximum atomic E-state index is 10.6. The van der Waals surface area contributed by atoms with Gasteiger partial charge in [0, 0.05) is 13.1 Å². The van der Waals surface area contributed by atoms with E-state index in [0.717, 1.165) is 6.54 Å². The van der Waals surface area contributed by atoms with Crippen LogP contribution in [0.15, 0.2) is 0 Å². The largest absolute Gasteiger partial charge is 0.465 e. The summed E-state index contributed by atoms with van der Waals surface area (Å²) in [6, 6.07) is 0.204. The van der Waals surface area contributed by atoms with Crippen molar-refractivity contribution >= 4 is 6.09 Å². The van der Waals surface area contributed by atoms with Gasteiger partial charge in [-0.1, -0.05) is 0 Å². The summed E-state index contributed by atoms with van der Waals surface area (Å²) in [6.45, 7) is 2.58. The number of carbonyl (C=O) groups is 1. The quantitative estimate of drug-likeness (QED) is 0.509. The van der Waals surface area contributed by atoms with Gasteiger partial charge in [0.15, 0.2) is 0 Å². The Morgan fingerprint density at radius 2 is 2.42 bits per heavy atom. The predicted octanol–water partition coefficient (Wildman–Crippen LogP) is -0.663. The average Bonchev–Trinajstić information content (AvgIpc) is 2.46. The minimum absolute atomic E-state index is 0.0647. The fourth-order valence-corrected chi connectivity index (χ4v) is 1.75. The summed E-state index contributed by atoms with van der Waals surface area (Å²) in [5.41, 5.74) is 0. The molecule has 12 heavy (non-hydrogen) atoms. The summed E-state index contributed by atoms with van der Waals surface area (Å²) in [4.78, 5) is 12.0. The van der Waals surface area contributed by atoms with Crippen LogP contribution in [-0.2, 0) is 4.74 Å². The Bertz CT molecular complexity index is 183. The van der Waals surface area contributed by atoms with Crippen molar-refractivity contribution < 1.29 is 14.6 Å². The van der Waals surface area contributed by atoms with E-state index in [1.54, 1.807) is 0 Å². The first kappa shape index (κ1) is 7.82. The van der Waals surface area contributed by atoms with Crippen molar-refractivity contribution in [3.63, 3.8) is 0 Å². The van der Waals surface area contributed by atoms with Crippen molar-refractivity contribution in [1.82, 2.24) is 10.2 Å². The van der Waals surface area contributed by atoms with Gasteiger partial charge >= 0.3 is 6.09 Å². The van der Waals surface area contributed by atoms with Crippen LogP contribution >= 0.6 is 0 Å². The van der Waals surface area contributed by atoms with Crippen LogP contribution in [0.3, 0.4) is 0 Å². The number of morpholine rings is 1. The van der Waals surface area contributed by atoms with Crippen LogP contribution in [0.2, 0.25) is 0 Å². The first-order valence-electron chi connectivity index (χ1n) is 4.10. The normalized spacial score (nSPS) is 34.8. The van der Waals surface area contributed by atoms with Crippen LogP contribution in [0.4, 0.5) is 4.79 Å². The summed E-state index contributed by atoms with van der Waals surface area (Å²) in [5, 5.41) is 11.9. The molecule has 2 aliphatic heterocycles. The monoisotopic (exact) mass is 172 g/mol. The fourth-order valence-electron chi connectivity index (χ4n) is 1.75. The van der Waals surface area contributed by atoms with Crippen LogP contribution in [-0.4, -0.2) is 54.5 Å². The van der Waals surface area contributed by atoms with Gasteiger partial charge in [-0.25, -0.2) is 4.79 Å². The lowest BCUT2D eigenvalue weighted by Gasteiger charge is -2.25. The topological polar surface area (TPSA) is 61.8 Å². The first-order valence-corrected chi connectivity index (χ1v) is 4.10. The van der Waals surface area contributed by atoms with E-state index in [-0.39, 0.29) is 12.1 Å². The molecule has 0 aromatic carbocycles. The molecule has 2 fully saturated rings. The number of nitrogens with zero attached hydrogens (tertiary/aromatic N) is 1. The highest BCUT2D eigenvalue weighted by Crippen LogP contribution is 2.15. The highest BCUT2D eigenvalue weighted by Gasteiger charge is 2.37. The molecule has 0 aromatic rings. The Kier molecular flexibility index (Phi) is 1.90. The van der Waals surface area contributed by atoms with Crippen LogP contribution in [0, 0.1) is 0 Å². The number of hydrogen-bond donors (Lipinski definition) is 2. The molecule has 5 heteroatoms. The zero-order valence-electron chi connectivity index (χ0n) is 6.69. The van der Waals surface area contributed by atoms with Crippen molar-refractivity contribution in [2.75, 3.05) is 26.2 Å². The lowest BCUT2D eigenvalue weighted by molar-refractivity contribution is 0.0179. The standard InChI is InChI=1S/C7H12N2O3/c10-7(11)9-3-5-6(4-9)12-2-1-8-5/h5-6,8H,1-4H2,(H,10,11). The van der Waals surface area contributed by atoms with E-state index in [1.807, 2.05) is 0 Å². The van der Waals surface area contributed by atoms with E-state index in [2.05, 4.69) is 5.32 Å². The third-order valence-corrected chi connectivity index (χ3v) is 2.38. The molecule has 1 amide bonds. The highest BCUT2D eigenvalue weighted by molar-refractivity contribution is 5.65. The molecule has 2 unspecified atom stereocenters. The summed E-state index contributed by atoms with van der Waals surface area (Å²) < 4.78 is 5.41. The van der Waals surface area contributed by atoms with Gasteiger partial charge < -0.3 is 20.1 Å². The van der Waals surface area contributed by atoms with E-state index < -0.39 is 6.09 Å². The van der Waals surface area contributed by atoms with Gasteiger partial charge in [-0.05, 0) is 0 Å². The lowest BCUT2D eigenvalue weighted by atomic mass is 10.2. The van der Waals surface area contributed by atoms with E-state index in [9.17, 15) is 4.79 Å². The molecule has 68 valence electrons. The summed E-state index contributed by atoms with van der Waals surface area (Å²) in [6.07, 6.45) is -0.787. The molecule has 0 aliphatic carbocycles. The SMILES string of the molecule is O=C(O)N1CC2NCCOC2C1. The predicted molar refractivity (Wildman–Crippen MR) is 41.1 cm³/mol. The zero-order chi connectivity index (χ0) is 8.55. The number of amides is 1. The van der Waals surface area contributed by atoms with Gasteiger partial charge in [-0.3, -0.25) is 0 Å². The van der Waals surface area contributed by atoms with Crippen LogP contribution in [0.25, 0.3) is 0 Å². The Balaban J connectivity index is 1.98. The van der Waals surface area contributed by atoms with E-state index in [4.69, 9.17) is 9.84 Å². The Morgan fingerprint density at radius 1 is 1.58 bits per heavy atom. The van der Waals surface area contributed by atoms with Crippen molar-refractivity contribution in [2.45, 2.75) is 12.1 Å². The zero-order valence-corrected chi connectivity index (χ0v) is 6.69. The summed E-state index contributed by atoms with van der Waals surface area (Å²) >= 11 is 0. The molecule has 0 bridgehead atoms. The van der Waals surface area contributed by atoms with E-state index in [1.165, 1.54) is 4.90 Å². The molecule has 0 radical (unpaired) electrons. The van der Waals surface area contributed by atoms with Gasteiger partial charge in [-0.2, -0.15) is 0 Å². The molecule has 5 nitrogen and oxygen atoms in total. The number of rotatable bonds is 0. The Labute approximate surface area is 70.3 Å². The van der Waals surface area contributed by atoms with Crippen molar-refractivity contribution in [3.05, 3.63) is 0 Å². The average molecular weight is 172 g/mol. The Morgan fingerprint density at radius 3 is 3.08 bits per heavy atom. The molecule has 2 saturated heterocycles. The number of hydrogen-bond acceptors (Lipinski definition) is 3. The van der Waals surface area contributed by atoms with Crippen molar-refractivity contribution in [2.24, 2.45) is 0 Å². The van der Waals surface area contributed by atoms with Crippen molar-refractivity contribution in [3.8, 4) is 0 Å². The molecule has 2 atom stereocenters. The lowest BCUT2D eigenvalue weighted by Crippen LogP contribution is -2.47. The molecule has 0 saturated carbocycles. The van der Waals surface area contributed by atoms with Gasteiger partial charge in [0.2, 0.25) is 0 Å². The molecule has 2 heterocycles. The van der Waals surface area contributed by atoms with Crippen LogP contribution in [0.1, 0.15) is 0 Å². The number of ether oxygens (including phenoxy) is 1. The summed E-state index contributed by atoms with van der Waals surface area (Å²) in [5.74, 6) is 0. The number of likely N-dealkylation sites (tertiary alicyclic amines) is 1. The second-order valence-corrected chi connectivity index (χ2v) is 3.16. The molecular weight excluding hydrogens is 160 g/mol. The first-order chi connectivity index (χ1) is 5.77. The van der Waals surface area contributed by atoms with Gasteiger partial charge in [0.25, 0.3) is 0 Å². The van der Waals surface area contributed by atoms with Gasteiger partial charge in [0.05, 0.1) is 25.3 Å². The second kappa shape index (κ2) is 2.91. The summed E-state index contributed by atoms with van der Waals surface area (Å²) in [7, 11) is 0. The highest BCUT2D eigenvalue weighted by atomic mass is 16.5. The molecule has 2 aliphatic rings. The minimum Gasteiger partial charge on any atom is -0.465 e. The molecule has 2 N–H and O–H groups in total. The van der Waals surface area contributed by atoms with Crippen molar-refractivity contribution in [1.29, 1.82) is 0 Å². The van der Waals surface area contributed by atoms with Crippen LogP contribution < -0.4 is 5.32 Å². The molecular formula is C7H12N2O3. The van der Waals surface area contributed by atoms with E-state index >= 15 is 0 Å². The maximum absolute atomic E-state index is 10.6. The third kappa shape index (κ3) is 1.25. The molecule has 0 spiro atoms. The fraction of sp³-hybridized carbons (Fsp3) is 0.857. The number of fused-ring (bicyclic) bond motifs is 1. The molecule has 0 aromatic heterocycles. The van der Waals surface area contributed by atoms with Crippen LogP contribution in [0.5, 0.6) is 0 Å². The molecule has 2 rings (SSSR count).